The average molecular weight is 258 g/mol. The molecule has 1 unspecified atom stereocenters. The van der Waals surface area contributed by atoms with Crippen molar-refractivity contribution >= 4 is 11.9 Å². The van der Waals surface area contributed by atoms with Crippen LogP contribution in [0.1, 0.15) is 13.3 Å². The van der Waals surface area contributed by atoms with E-state index in [-0.39, 0.29) is 31.1 Å². The van der Waals surface area contributed by atoms with E-state index in [0.717, 1.165) is 6.42 Å². The summed E-state index contributed by atoms with van der Waals surface area (Å²) in [4.78, 5) is 11.8. The number of nitrogens with two attached hydrogens (primary N) is 1. The Hall–Kier alpha value is -1.71. The van der Waals surface area contributed by atoms with E-state index in [1.54, 1.807) is 0 Å². The highest BCUT2D eigenvalue weighted by Gasteiger charge is 2.08. The lowest BCUT2D eigenvalue weighted by molar-refractivity contribution is 0.105. The summed E-state index contributed by atoms with van der Waals surface area (Å²) in [7, 11) is 0. The molecule has 9 nitrogen and oxygen atoms in total. The van der Waals surface area contributed by atoms with Gasteiger partial charge < -0.3 is 20.3 Å². The summed E-state index contributed by atoms with van der Waals surface area (Å²) in [6, 6.07) is 0.140. The van der Waals surface area contributed by atoms with Crippen molar-refractivity contribution in [1.82, 2.24) is 15.0 Å². The van der Waals surface area contributed by atoms with Gasteiger partial charge in [-0.2, -0.15) is 15.0 Å². The molecule has 0 radical (unpaired) electrons. The van der Waals surface area contributed by atoms with Gasteiger partial charge in [0.1, 0.15) is 0 Å². The van der Waals surface area contributed by atoms with E-state index in [1.807, 2.05) is 6.92 Å². The van der Waals surface area contributed by atoms with Crippen LogP contribution in [-0.2, 0) is 0 Å². The lowest BCUT2D eigenvalue weighted by atomic mass is 10.4. The summed E-state index contributed by atoms with van der Waals surface area (Å²) in [5.41, 5.74) is 2.29. The fourth-order valence-electron chi connectivity index (χ4n) is 1.03. The lowest BCUT2D eigenvalue weighted by Gasteiger charge is -2.10. The number of nitrogens with one attached hydrogen (secondary N) is 2. The zero-order valence-corrected chi connectivity index (χ0v) is 10.1. The molecule has 0 spiro atoms. The van der Waals surface area contributed by atoms with Crippen LogP contribution in [0.5, 0.6) is 6.01 Å². The van der Waals surface area contributed by atoms with Gasteiger partial charge in [0.05, 0.1) is 19.3 Å². The number of hydrazine groups is 1. The van der Waals surface area contributed by atoms with Gasteiger partial charge in [-0.05, 0) is 6.42 Å². The van der Waals surface area contributed by atoms with E-state index in [4.69, 9.17) is 15.7 Å². The highest BCUT2D eigenvalue weighted by atomic mass is 16.5. The van der Waals surface area contributed by atoms with E-state index >= 15 is 0 Å². The topological polar surface area (TPSA) is 138 Å². The smallest absolute Gasteiger partial charge is 0.323 e. The number of aliphatic hydroxyl groups is 2. The number of anilines is 2. The van der Waals surface area contributed by atoms with Crippen molar-refractivity contribution in [3.05, 3.63) is 0 Å². The maximum absolute atomic E-state index is 9.20. The number of nitrogens with zero attached hydrogens (tertiary/aromatic N) is 3. The molecule has 9 heteroatoms. The van der Waals surface area contributed by atoms with Crippen LogP contribution in [0.25, 0.3) is 0 Å². The van der Waals surface area contributed by atoms with E-state index < -0.39 is 6.10 Å². The molecule has 0 saturated heterocycles. The quantitative estimate of drug-likeness (QED) is 0.284. The van der Waals surface area contributed by atoms with Crippen molar-refractivity contribution < 1.29 is 14.9 Å². The fourth-order valence-corrected chi connectivity index (χ4v) is 1.03. The van der Waals surface area contributed by atoms with Crippen LogP contribution >= 0.6 is 0 Å². The molecule has 0 fully saturated rings. The number of aliphatic hydroxyl groups excluding tert-OH is 2. The molecule has 0 amide bonds. The van der Waals surface area contributed by atoms with Crippen molar-refractivity contribution in [3.63, 3.8) is 0 Å². The Morgan fingerprint density at radius 2 is 2.06 bits per heavy atom. The Kier molecular flexibility index (Phi) is 6.05. The van der Waals surface area contributed by atoms with E-state index in [9.17, 15) is 5.11 Å². The van der Waals surface area contributed by atoms with E-state index in [1.165, 1.54) is 0 Å². The van der Waals surface area contributed by atoms with Gasteiger partial charge in [-0.1, -0.05) is 6.92 Å². The first-order valence-corrected chi connectivity index (χ1v) is 5.57. The molecule has 0 aliphatic heterocycles. The number of nitrogen functional groups attached to an aromatic ring is 1. The van der Waals surface area contributed by atoms with Gasteiger partial charge in [-0.3, -0.25) is 5.43 Å². The largest absolute Gasteiger partial charge is 0.463 e. The second kappa shape index (κ2) is 7.58. The minimum absolute atomic E-state index is 0.109. The molecule has 1 aromatic rings. The zero-order chi connectivity index (χ0) is 13.4. The maximum Gasteiger partial charge on any atom is 0.323 e. The minimum atomic E-state index is -0.893. The number of rotatable bonds is 8. The average Bonchev–Trinajstić information content (AvgIpc) is 2.42. The summed E-state index contributed by atoms with van der Waals surface area (Å²) in [6.07, 6.45) is -0.0701. The van der Waals surface area contributed by atoms with Gasteiger partial charge in [-0.15, -0.1) is 0 Å². The van der Waals surface area contributed by atoms with Crippen LogP contribution in [0.4, 0.5) is 11.9 Å². The first-order chi connectivity index (χ1) is 8.69. The molecule has 1 heterocycles. The van der Waals surface area contributed by atoms with Crippen LogP contribution in [0, 0.1) is 0 Å². The molecule has 0 saturated carbocycles. The molecular weight excluding hydrogens is 240 g/mol. The van der Waals surface area contributed by atoms with E-state index in [0.29, 0.717) is 6.61 Å². The summed E-state index contributed by atoms with van der Waals surface area (Å²) in [6.45, 7) is 2.20. The molecule has 0 bridgehead atoms. The zero-order valence-electron chi connectivity index (χ0n) is 10.1. The lowest BCUT2D eigenvalue weighted by Crippen LogP contribution is -2.24. The minimum Gasteiger partial charge on any atom is -0.463 e. The van der Waals surface area contributed by atoms with Gasteiger partial charge in [0.15, 0.2) is 0 Å². The molecule has 0 aliphatic rings. The van der Waals surface area contributed by atoms with Gasteiger partial charge in [0, 0.05) is 6.54 Å². The molecular formula is C9H18N6O3. The number of hydrogen-bond acceptors (Lipinski definition) is 9. The molecule has 0 aromatic carbocycles. The van der Waals surface area contributed by atoms with Gasteiger partial charge in [0.25, 0.3) is 0 Å². The second-order valence-corrected chi connectivity index (χ2v) is 3.48. The predicted octanol–water partition coefficient (Wildman–Crippen LogP) is -1.29. The fraction of sp³-hybridized carbons (Fsp3) is 0.667. The Labute approximate surface area is 104 Å². The number of aromatic nitrogens is 3. The van der Waals surface area contributed by atoms with Crippen molar-refractivity contribution in [2.24, 2.45) is 5.84 Å². The third-order valence-electron chi connectivity index (χ3n) is 1.89. The summed E-state index contributed by atoms with van der Waals surface area (Å²) >= 11 is 0. The molecule has 18 heavy (non-hydrogen) atoms. The molecule has 0 aliphatic carbocycles. The molecule has 1 atom stereocenters. The summed E-state index contributed by atoms with van der Waals surface area (Å²) in [5, 5.41) is 20.6. The van der Waals surface area contributed by atoms with E-state index in [2.05, 4.69) is 25.7 Å². The van der Waals surface area contributed by atoms with Crippen LogP contribution < -0.4 is 21.3 Å². The molecule has 102 valence electrons. The predicted molar refractivity (Wildman–Crippen MR) is 65.0 cm³/mol. The van der Waals surface area contributed by atoms with Crippen molar-refractivity contribution in [2.45, 2.75) is 19.4 Å². The van der Waals surface area contributed by atoms with Crippen molar-refractivity contribution in [1.29, 1.82) is 0 Å². The SMILES string of the molecule is CCCOc1nc(NN)nc(NCC(O)CO)n1. The van der Waals surface area contributed by atoms with Gasteiger partial charge in [0.2, 0.25) is 11.9 Å². The first-order valence-electron chi connectivity index (χ1n) is 5.57. The third kappa shape index (κ3) is 4.65. The summed E-state index contributed by atoms with van der Waals surface area (Å²) < 4.78 is 5.26. The normalized spacial score (nSPS) is 12.0. The highest BCUT2D eigenvalue weighted by molar-refractivity contribution is 5.34. The van der Waals surface area contributed by atoms with Crippen LogP contribution in [0.3, 0.4) is 0 Å². The summed E-state index contributed by atoms with van der Waals surface area (Å²) in [5.74, 6) is 5.58. The molecule has 1 rings (SSSR count). The second-order valence-electron chi connectivity index (χ2n) is 3.48. The van der Waals surface area contributed by atoms with Gasteiger partial charge in [-0.25, -0.2) is 5.84 Å². The Morgan fingerprint density at radius 1 is 1.33 bits per heavy atom. The number of ether oxygens (including phenoxy) is 1. The number of hydrogen-bond donors (Lipinski definition) is 5. The van der Waals surface area contributed by atoms with Crippen molar-refractivity contribution in [3.8, 4) is 6.01 Å². The Balaban J connectivity index is 2.70. The van der Waals surface area contributed by atoms with Crippen LogP contribution in [0.15, 0.2) is 0 Å². The van der Waals surface area contributed by atoms with Crippen LogP contribution in [-0.4, -0.2) is 51.0 Å². The highest BCUT2D eigenvalue weighted by Crippen LogP contribution is 2.10. The third-order valence-corrected chi connectivity index (χ3v) is 1.89. The standard InChI is InChI=1S/C9H18N6O3/c1-2-3-18-9-13-7(11-4-6(17)5-16)12-8(14-9)15-10/h6,16-17H,2-5,10H2,1H3,(H2,11,12,13,14,15). The Morgan fingerprint density at radius 3 is 2.67 bits per heavy atom. The monoisotopic (exact) mass is 258 g/mol. The molecule has 1 aromatic heterocycles. The first kappa shape index (κ1) is 14.4. The molecule has 6 N–H and O–H groups in total. The van der Waals surface area contributed by atoms with Crippen LogP contribution in [0.2, 0.25) is 0 Å². The maximum atomic E-state index is 9.20. The Bertz CT molecular complexity index is 364. The van der Waals surface area contributed by atoms with Gasteiger partial charge >= 0.3 is 6.01 Å². The van der Waals surface area contributed by atoms with Crippen molar-refractivity contribution in [2.75, 3.05) is 30.5 Å².